The van der Waals surface area contributed by atoms with Gasteiger partial charge in [0, 0.05) is 29.1 Å². The minimum Gasteiger partial charge on any atom is -0.383 e. The molecule has 0 aliphatic carbocycles. The lowest BCUT2D eigenvalue weighted by Gasteiger charge is -2.29. The Morgan fingerprint density at radius 2 is 2.07 bits per heavy atom. The number of halogens is 2. The molecule has 0 bridgehead atoms. The number of aromatic nitrogens is 3. The summed E-state index contributed by atoms with van der Waals surface area (Å²) in [6, 6.07) is 11.2. The van der Waals surface area contributed by atoms with E-state index in [-0.39, 0.29) is 16.6 Å². The minimum atomic E-state index is -0.279. The number of fused-ring (bicyclic) bond motifs is 1. The van der Waals surface area contributed by atoms with Gasteiger partial charge in [0.05, 0.1) is 16.5 Å². The second kappa shape index (κ2) is 9.11. The second-order valence-corrected chi connectivity index (χ2v) is 7.73. The van der Waals surface area contributed by atoms with Crippen LogP contribution in [0.5, 0.6) is 0 Å². The van der Waals surface area contributed by atoms with Crippen molar-refractivity contribution < 1.29 is 4.79 Å². The van der Waals surface area contributed by atoms with E-state index in [9.17, 15) is 10.1 Å². The highest BCUT2D eigenvalue weighted by Gasteiger charge is 2.22. The van der Waals surface area contributed by atoms with Crippen molar-refractivity contribution in [2.24, 2.45) is 0 Å². The average Bonchev–Trinajstić information content (AvgIpc) is 3.10. The molecule has 0 aliphatic rings. The monoisotopic (exact) mass is 484 g/mol. The van der Waals surface area contributed by atoms with Crippen molar-refractivity contribution in [1.29, 1.82) is 5.26 Å². The van der Waals surface area contributed by atoms with Crippen LogP contribution in [0.1, 0.15) is 13.0 Å². The average molecular weight is 486 g/mol. The third-order valence-electron chi connectivity index (χ3n) is 4.74. The summed E-state index contributed by atoms with van der Waals surface area (Å²) in [6.45, 7) is 1.96. The molecular formula is C21H18BrClN6O. The first kappa shape index (κ1) is 21.6. The van der Waals surface area contributed by atoms with Gasteiger partial charge in [-0.3, -0.25) is 4.79 Å². The van der Waals surface area contributed by atoms with E-state index in [2.05, 4.69) is 25.9 Å². The van der Waals surface area contributed by atoms with Crippen molar-refractivity contribution in [3.63, 3.8) is 0 Å². The van der Waals surface area contributed by atoms with E-state index >= 15 is 0 Å². The number of rotatable bonds is 6. The third kappa shape index (κ3) is 4.08. The molecule has 0 saturated carbocycles. The van der Waals surface area contributed by atoms with Crippen molar-refractivity contribution in [1.82, 2.24) is 14.5 Å². The smallest absolute Gasteiger partial charge is 0.162 e. The van der Waals surface area contributed by atoms with Gasteiger partial charge in [0.2, 0.25) is 0 Å². The standard InChI is InChI=1S/C21H18BrClN6O/c1-13(29-10-16(22)19-20(25)26-12-27-21(19)29)18(8-17(23)14(9-24)11-30)28(2)15-6-4-3-5-7-15/h3-8,10-13H,1-2H3,(H2,25,26,27)/b17-14+,18-8-. The highest BCUT2D eigenvalue weighted by molar-refractivity contribution is 9.10. The van der Waals surface area contributed by atoms with Crippen LogP contribution in [-0.4, -0.2) is 27.9 Å². The summed E-state index contributed by atoms with van der Waals surface area (Å²) < 4.78 is 2.69. The van der Waals surface area contributed by atoms with Crippen molar-refractivity contribution in [3.05, 3.63) is 69.7 Å². The number of carbonyl (C=O) groups excluding carboxylic acids is 1. The summed E-state index contributed by atoms with van der Waals surface area (Å²) in [5.74, 6) is 0.366. The van der Waals surface area contributed by atoms with Crippen LogP contribution in [0.2, 0.25) is 0 Å². The van der Waals surface area contributed by atoms with E-state index in [0.717, 1.165) is 15.9 Å². The molecule has 2 heterocycles. The summed E-state index contributed by atoms with van der Waals surface area (Å²) in [4.78, 5) is 21.6. The molecule has 1 atom stereocenters. The fourth-order valence-corrected chi connectivity index (χ4v) is 3.94. The topological polar surface area (TPSA) is 101 Å². The molecule has 0 radical (unpaired) electrons. The van der Waals surface area contributed by atoms with Crippen LogP contribution in [0.4, 0.5) is 11.5 Å². The van der Waals surface area contributed by atoms with Crippen molar-refractivity contribution in [2.75, 3.05) is 17.7 Å². The molecule has 9 heteroatoms. The number of allylic oxidation sites excluding steroid dienone is 4. The summed E-state index contributed by atoms with van der Waals surface area (Å²) in [5, 5.41) is 9.95. The first-order chi connectivity index (χ1) is 14.4. The highest BCUT2D eigenvalue weighted by atomic mass is 79.9. The Kier molecular flexibility index (Phi) is 6.55. The fourth-order valence-electron chi connectivity index (χ4n) is 3.14. The maximum atomic E-state index is 11.2. The van der Waals surface area contributed by atoms with Crippen molar-refractivity contribution >= 4 is 56.4 Å². The van der Waals surface area contributed by atoms with E-state index in [1.165, 1.54) is 6.33 Å². The van der Waals surface area contributed by atoms with Crippen LogP contribution in [-0.2, 0) is 4.79 Å². The SMILES string of the molecule is CC(/C(=C/C(Cl)=C(/C#N)C=O)N(C)c1ccccc1)n1cc(Br)c2c(N)ncnc21. The van der Waals surface area contributed by atoms with Crippen LogP contribution in [0.25, 0.3) is 11.0 Å². The normalized spacial score (nSPS) is 13.5. The number of likely N-dealkylation sites (N-methyl/N-ethyl adjacent to an activating group) is 1. The number of hydrogen-bond acceptors (Lipinski definition) is 6. The van der Waals surface area contributed by atoms with E-state index < -0.39 is 0 Å². The molecule has 2 aromatic heterocycles. The lowest BCUT2D eigenvalue weighted by atomic mass is 10.1. The number of nitrogens with two attached hydrogens (primary N) is 1. The highest BCUT2D eigenvalue weighted by Crippen LogP contribution is 2.35. The van der Waals surface area contributed by atoms with Crippen molar-refractivity contribution in [2.45, 2.75) is 13.0 Å². The number of anilines is 2. The van der Waals surface area contributed by atoms with Gasteiger partial charge in [-0.2, -0.15) is 5.26 Å². The Labute approximate surface area is 187 Å². The molecule has 0 spiro atoms. The summed E-state index contributed by atoms with van der Waals surface area (Å²) in [6.07, 6.45) is 5.34. The predicted molar refractivity (Wildman–Crippen MR) is 122 cm³/mol. The van der Waals surface area contributed by atoms with Crippen LogP contribution in [0.15, 0.2) is 69.7 Å². The zero-order valence-electron chi connectivity index (χ0n) is 16.3. The third-order valence-corrected chi connectivity index (χ3v) is 5.65. The molecule has 152 valence electrons. The summed E-state index contributed by atoms with van der Waals surface area (Å²) in [7, 11) is 1.89. The van der Waals surface area contributed by atoms with Gasteiger partial charge in [0.1, 0.15) is 29.4 Å². The first-order valence-electron chi connectivity index (χ1n) is 8.91. The molecule has 0 amide bonds. The van der Waals surface area contributed by atoms with Gasteiger partial charge < -0.3 is 15.2 Å². The second-order valence-electron chi connectivity index (χ2n) is 6.47. The zero-order chi connectivity index (χ0) is 21.8. The van der Waals surface area contributed by atoms with Gasteiger partial charge in [0.15, 0.2) is 6.29 Å². The lowest BCUT2D eigenvalue weighted by molar-refractivity contribution is -0.104. The molecule has 3 rings (SSSR count). The quantitative estimate of drug-likeness (QED) is 0.237. The Morgan fingerprint density at radius 1 is 1.37 bits per heavy atom. The van der Waals surface area contributed by atoms with Gasteiger partial charge in [-0.1, -0.05) is 29.8 Å². The minimum absolute atomic E-state index is 0.0572. The van der Waals surface area contributed by atoms with Crippen LogP contribution < -0.4 is 10.6 Å². The largest absolute Gasteiger partial charge is 0.383 e. The number of para-hydroxylation sites is 1. The Hall–Kier alpha value is -3.15. The number of aldehydes is 1. The van der Waals surface area contributed by atoms with Crippen molar-refractivity contribution in [3.8, 4) is 6.07 Å². The molecule has 2 N–H and O–H groups in total. The molecular weight excluding hydrogens is 468 g/mol. The van der Waals surface area contributed by atoms with Gasteiger partial charge >= 0.3 is 0 Å². The van der Waals surface area contributed by atoms with Crippen LogP contribution >= 0.6 is 27.5 Å². The number of carbonyl (C=O) groups is 1. The number of hydrogen-bond donors (Lipinski definition) is 1. The van der Waals surface area contributed by atoms with Crippen LogP contribution in [0.3, 0.4) is 0 Å². The van der Waals surface area contributed by atoms with Crippen LogP contribution in [0, 0.1) is 11.3 Å². The maximum absolute atomic E-state index is 11.2. The maximum Gasteiger partial charge on any atom is 0.162 e. The molecule has 3 aromatic rings. The predicted octanol–water partition coefficient (Wildman–Crippen LogP) is 4.57. The van der Waals surface area contributed by atoms with Gasteiger partial charge in [-0.05, 0) is 41.1 Å². The number of nitrogens with zero attached hydrogens (tertiary/aromatic N) is 5. The zero-order valence-corrected chi connectivity index (χ0v) is 18.6. The molecule has 0 aliphatic heterocycles. The molecule has 30 heavy (non-hydrogen) atoms. The van der Waals surface area contributed by atoms with E-state index in [1.54, 1.807) is 6.08 Å². The molecule has 0 fully saturated rings. The Bertz CT molecular complexity index is 1200. The summed E-state index contributed by atoms with van der Waals surface area (Å²) >= 11 is 9.84. The number of nitrogen functional groups attached to an aromatic ring is 1. The van der Waals surface area contributed by atoms with Gasteiger partial charge in [0.25, 0.3) is 0 Å². The Morgan fingerprint density at radius 3 is 2.70 bits per heavy atom. The van der Waals surface area contributed by atoms with E-state index in [4.69, 9.17) is 17.3 Å². The molecule has 0 saturated heterocycles. The molecule has 7 nitrogen and oxygen atoms in total. The number of nitriles is 1. The van der Waals surface area contributed by atoms with Gasteiger partial charge in [-0.15, -0.1) is 0 Å². The number of benzene rings is 1. The molecule has 1 unspecified atom stereocenters. The first-order valence-corrected chi connectivity index (χ1v) is 10.1. The van der Waals surface area contributed by atoms with E-state index in [1.807, 2.05) is 66.0 Å². The Balaban J connectivity index is 2.20. The van der Waals surface area contributed by atoms with Gasteiger partial charge in [-0.25, -0.2) is 9.97 Å². The fraction of sp³-hybridized carbons (Fsp3) is 0.143. The summed E-state index contributed by atoms with van der Waals surface area (Å²) in [5.41, 5.74) is 8.18. The van der Waals surface area contributed by atoms with E-state index in [0.29, 0.717) is 23.1 Å². The molecule has 1 aromatic carbocycles. The lowest BCUT2D eigenvalue weighted by Crippen LogP contribution is -2.24.